The largest absolute Gasteiger partial charge is 0.311 e. The molecule has 24 heavy (non-hydrogen) atoms. The van der Waals surface area contributed by atoms with Crippen LogP contribution < -0.4 is 10.5 Å². The van der Waals surface area contributed by atoms with Crippen molar-refractivity contribution in [2.45, 2.75) is 32.1 Å². The Morgan fingerprint density at radius 1 is 1.04 bits per heavy atom. The normalized spacial score (nSPS) is 16.2. The number of pyridine rings is 1. The zero-order valence-electron chi connectivity index (χ0n) is 13.4. The molecule has 1 aliphatic heterocycles. The molecular weight excluding hydrogens is 300 g/mol. The first-order chi connectivity index (χ1) is 11.8. The van der Waals surface area contributed by atoms with Crippen molar-refractivity contribution in [3.63, 3.8) is 0 Å². The number of aryl methyl sites for hydroxylation is 2. The first-order valence-corrected chi connectivity index (χ1v) is 8.57. The summed E-state index contributed by atoms with van der Waals surface area (Å²) in [7, 11) is 0. The molecule has 1 N–H and O–H groups in total. The van der Waals surface area contributed by atoms with Crippen LogP contribution in [0.5, 0.6) is 0 Å². The molecule has 0 radical (unpaired) electrons. The van der Waals surface area contributed by atoms with Crippen molar-refractivity contribution in [2.24, 2.45) is 0 Å². The molecule has 0 amide bonds. The molecule has 2 aliphatic rings. The maximum atomic E-state index is 12.8. The predicted molar refractivity (Wildman–Crippen MR) is 94.0 cm³/mol. The van der Waals surface area contributed by atoms with Crippen LogP contribution in [-0.4, -0.2) is 21.5 Å². The molecule has 5 nitrogen and oxygen atoms in total. The molecule has 0 unspecified atom stereocenters. The molecule has 0 fully saturated rings. The Balaban J connectivity index is 1.69. The molecular formula is C19H18N4O. The summed E-state index contributed by atoms with van der Waals surface area (Å²) in [5, 5.41) is 0.684. The SMILES string of the molecule is O=c1[nH]c(N2CCc3ccccc32)nc2ncc3c(c12)CCCC3. The van der Waals surface area contributed by atoms with Crippen LogP contribution in [0.1, 0.15) is 29.5 Å². The van der Waals surface area contributed by atoms with Crippen molar-refractivity contribution < 1.29 is 0 Å². The van der Waals surface area contributed by atoms with Gasteiger partial charge in [-0.2, -0.15) is 4.98 Å². The van der Waals surface area contributed by atoms with Gasteiger partial charge in [0, 0.05) is 18.4 Å². The van der Waals surface area contributed by atoms with E-state index in [2.05, 4.69) is 32.0 Å². The molecule has 0 spiro atoms. The smallest absolute Gasteiger partial charge is 0.262 e. The third-order valence-electron chi connectivity index (χ3n) is 5.19. The molecule has 120 valence electrons. The predicted octanol–water partition coefficient (Wildman–Crippen LogP) is 2.89. The Morgan fingerprint density at radius 3 is 2.88 bits per heavy atom. The van der Waals surface area contributed by atoms with Gasteiger partial charge in [-0.15, -0.1) is 0 Å². The number of fused-ring (bicyclic) bond motifs is 4. The number of nitrogens with zero attached hydrogens (tertiary/aromatic N) is 3. The second-order valence-corrected chi connectivity index (χ2v) is 6.59. The highest BCUT2D eigenvalue weighted by Gasteiger charge is 2.23. The fourth-order valence-corrected chi connectivity index (χ4v) is 4.00. The van der Waals surface area contributed by atoms with Crippen LogP contribution in [0.15, 0.2) is 35.3 Å². The molecule has 1 aromatic carbocycles. The first-order valence-electron chi connectivity index (χ1n) is 8.57. The number of hydrogen-bond acceptors (Lipinski definition) is 4. The van der Waals surface area contributed by atoms with Crippen molar-refractivity contribution >= 4 is 22.7 Å². The van der Waals surface area contributed by atoms with Gasteiger partial charge in [-0.3, -0.25) is 9.78 Å². The summed E-state index contributed by atoms with van der Waals surface area (Å²) in [6, 6.07) is 8.27. The Kier molecular flexibility index (Phi) is 2.95. The highest BCUT2D eigenvalue weighted by molar-refractivity contribution is 5.81. The molecule has 0 saturated carbocycles. The highest BCUT2D eigenvalue weighted by Crippen LogP contribution is 2.32. The number of anilines is 2. The Labute approximate surface area is 139 Å². The third-order valence-corrected chi connectivity index (χ3v) is 5.19. The Bertz CT molecular complexity index is 1010. The van der Waals surface area contributed by atoms with Gasteiger partial charge >= 0.3 is 0 Å². The monoisotopic (exact) mass is 318 g/mol. The molecule has 3 heterocycles. The van der Waals surface area contributed by atoms with E-state index in [-0.39, 0.29) is 5.56 Å². The van der Waals surface area contributed by atoms with Crippen LogP contribution in [0.3, 0.4) is 0 Å². The van der Waals surface area contributed by atoms with E-state index in [0.717, 1.165) is 43.5 Å². The molecule has 0 bridgehead atoms. The number of hydrogen-bond donors (Lipinski definition) is 1. The summed E-state index contributed by atoms with van der Waals surface area (Å²) in [5.41, 5.74) is 5.27. The van der Waals surface area contributed by atoms with Gasteiger partial charge in [0.05, 0.1) is 5.39 Å². The summed E-state index contributed by atoms with van der Waals surface area (Å²) in [4.78, 5) is 27.0. The average Bonchev–Trinajstić information content (AvgIpc) is 3.05. The Morgan fingerprint density at radius 2 is 1.92 bits per heavy atom. The second kappa shape index (κ2) is 5.16. The zero-order valence-corrected chi connectivity index (χ0v) is 13.4. The van der Waals surface area contributed by atoms with E-state index in [1.54, 1.807) is 0 Å². The molecule has 0 atom stereocenters. The second-order valence-electron chi connectivity index (χ2n) is 6.59. The van der Waals surface area contributed by atoms with Crippen molar-refractivity contribution in [3.05, 3.63) is 57.5 Å². The summed E-state index contributed by atoms with van der Waals surface area (Å²) >= 11 is 0. The van der Waals surface area contributed by atoms with Crippen LogP contribution in [0.2, 0.25) is 0 Å². The van der Waals surface area contributed by atoms with Crippen molar-refractivity contribution in [1.82, 2.24) is 15.0 Å². The lowest BCUT2D eigenvalue weighted by atomic mass is 9.91. The number of benzene rings is 1. The Hall–Kier alpha value is -2.69. The number of nitrogens with one attached hydrogen (secondary N) is 1. The van der Waals surface area contributed by atoms with Gasteiger partial charge in [0.25, 0.3) is 5.56 Å². The average molecular weight is 318 g/mol. The van der Waals surface area contributed by atoms with Crippen LogP contribution >= 0.6 is 0 Å². The topological polar surface area (TPSA) is 61.9 Å². The van der Waals surface area contributed by atoms with Crippen molar-refractivity contribution in [1.29, 1.82) is 0 Å². The fraction of sp³-hybridized carbons (Fsp3) is 0.316. The summed E-state index contributed by atoms with van der Waals surface area (Å²) in [6.07, 6.45) is 7.14. The zero-order chi connectivity index (χ0) is 16.1. The maximum Gasteiger partial charge on any atom is 0.262 e. The van der Waals surface area contributed by atoms with Gasteiger partial charge in [0.15, 0.2) is 5.65 Å². The van der Waals surface area contributed by atoms with Gasteiger partial charge in [-0.1, -0.05) is 18.2 Å². The highest BCUT2D eigenvalue weighted by atomic mass is 16.1. The minimum atomic E-state index is -0.0642. The number of rotatable bonds is 1. The molecule has 2 aromatic heterocycles. The van der Waals surface area contributed by atoms with Crippen molar-refractivity contribution in [2.75, 3.05) is 11.4 Å². The van der Waals surface area contributed by atoms with E-state index >= 15 is 0 Å². The van der Waals surface area contributed by atoms with E-state index in [1.165, 1.54) is 17.5 Å². The minimum absolute atomic E-state index is 0.0642. The molecule has 3 aromatic rings. The van der Waals surface area contributed by atoms with Gasteiger partial charge in [0.2, 0.25) is 5.95 Å². The van der Waals surface area contributed by atoms with Gasteiger partial charge in [-0.25, -0.2) is 4.98 Å². The lowest BCUT2D eigenvalue weighted by Crippen LogP contribution is -2.22. The number of aromatic amines is 1. The van der Waals surface area contributed by atoms with E-state index in [9.17, 15) is 4.79 Å². The lowest BCUT2D eigenvalue weighted by molar-refractivity contribution is 0.686. The van der Waals surface area contributed by atoms with Crippen LogP contribution in [-0.2, 0) is 19.3 Å². The van der Waals surface area contributed by atoms with Gasteiger partial charge in [-0.05, 0) is 54.9 Å². The summed E-state index contributed by atoms with van der Waals surface area (Å²) < 4.78 is 0. The number of H-pyrrole nitrogens is 1. The van der Waals surface area contributed by atoms with E-state index in [0.29, 0.717) is 17.0 Å². The quantitative estimate of drug-likeness (QED) is 0.749. The molecule has 0 saturated heterocycles. The minimum Gasteiger partial charge on any atom is -0.311 e. The summed E-state index contributed by atoms with van der Waals surface area (Å²) in [6.45, 7) is 0.832. The third kappa shape index (κ3) is 1.97. The standard InChI is InChI=1S/C19H18N4O/c24-18-16-14-7-3-1-6-13(14)11-20-17(16)21-19(22-18)23-10-9-12-5-2-4-8-15(12)23/h2,4-5,8,11H,1,3,6-7,9-10H2,(H,20,21,22,24). The number of aromatic nitrogens is 3. The van der Waals surface area contributed by atoms with E-state index in [4.69, 9.17) is 0 Å². The molecule has 5 rings (SSSR count). The fourth-order valence-electron chi connectivity index (χ4n) is 4.00. The van der Waals surface area contributed by atoms with Crippen LogP contribution in [0, 0.1) is 0 Å². The van der Waals surface area contributed by atoms with Crippen LogP contribution in [0.25, 0.3) is 11.0 Å². The summed E-state index contributed by atoms with van der Waals surface area (Å²) in [5.74, 6) is 0.598. The van der Waals surface area contributed by atoms with E-state index < -0.39 is 0 Å². The van der Waals surface area contributed by atoms with E-state index in [1.807, 2.05) is 18.3 Å². The molecule has 5 heteroatoms. The van der Waals surface area contributed by atoms with Crippen LogP contribution in [0.4, 0.5) is 11.6 Å². The first kappa shape index (κ1) is 13.7. The van der Waals surface area contributed by atoms with Crippen molar-refractivity contribution in [3.8, 4) is 0 Å². The lowest BCUT2D eigenvalue weighted by Gasteiger charge is -2.20. The molecule has 1 aliphatic carbocycles. The number of para-hydroxylation sites is 1. The maximum absolute atomic E-state index is 12.8. The van der Waals surface area contributed by atoms with Gasteiger partial charge < -0.3 is 4.90 Å². The van der Waals surface area contributed by atoms with Gasteiger partial charge in [0.1, 0.15) is 0 Å².